The second-order valence-electron chi connectivity index (χ2n) is 7.03. The molecule has 3 rings (SSSR count). The summed E-state index contributed by atoms with van der Waals surface area (Å²) in [6.07, 6.45) is 0. The minimum atomic E-state index is -0.798. The van der Waals surface area contributed by atoms with Gasteiger partial charge in [-0.2, -0.15) is 0 Å². The van der Waals surface area contributed by atoms with E-state index in [4.69, 9.17) is 11.6 Å². The number of anilines is 1. The summed E-state index contributed by atoms with van der Waals surface area (Å²) in [6.45, 7) is 4.43. The number of rotatable bonds is 6. The Morgan fingerprint density at radius 1 is 0.933 bits per heavy atom. The fourth-order valence-corrected chi connectivity index (χ4v) is 3.43. The van der Waals surface area contributed by atoms with Crippen molar-refractivity contribution >= 4 is 29.1 Å². The number of piperazine rings is 1. The number of hydrogen-bond donors (Lipinski definition) is 2. The van der Waals surface area contributed by atoms with E-state index < -0.39 is 17.6 Å². The van der Waals surface area contributed by atoms with Crippen LogP contribution in [0, 0.1) is 11.6 Å². The number of carbonyl (C=O) groups excluding carboxylic acids is 2. The van der Waals surface area contributed by atoms with Crippen molar-refractivity contribution in [2.24, 2.45) is 0 Å². The summed E-state index contributed by atoms with van der Waals surface area (Å²) >= 11 is 6.09. The first-order chi connectivity index (χ1) is 14.4. The molecule has 1 saturated heterocycles. The summed E-state index contributed by atoms with van der Waals surface area (Å²) in [7, 11) is 0. The van der Waals surface area contributed by atoms with Gasteiger partial charge in [-0.1, -0.05) is 17.7 Å². The first kappa shape index (κ1) is 22.1. The van der Waals surface area contributed by atoms with Crippen LogP contribution in [0.5, 0.6) is 0 Å². The number of hydrogen-bond acceptors (Lipinski definition) is 4. The van der Waals surface area contributed by atoms with Gasteiger partial charge in [-0.15, -0.1) is 0 Å². The van der Waals surface area contributed by atoms with Gasteiger partial charge in [-0.25, -0.2) is 8.78 Å². The smallest absolute Gasteiger partial charge is 0.313 e. The lowest BCUT2D eigenvalue weighted by molar-refractivity contribution is -0.136. The molecule has 0 bridgehead atoms. The van der Waals surface area contributed by atoms with Crippen molar-refractivity contribution in [2.75, 3.05) is 44.6 Å². The zero-order chi connectivity index (χ0) is 21.5. The summed E-state index contributed by atoms with van der Waals surface area (Å²) in [5.74, 6) is -2.26. The zero-order valence-corrected chi connectivity index (χ0v) is 17.1. The number of halogens is 3. The second-order valence-corrected chi connectivity index (χ2v) is 7.44. The van der Waals surface area contributed by atoms with Gasteiger partial charge in [0.1, 0.15) is 11.6 Å². The molecule has 2 N–H and O–H groups in total. The van der Waals surface area contributed by atoms with Crippen LogP contribution in [-0.2, 0) is 16.1 Å². The lowest BCUT2D eigenvalue weighted by Gasteiger charge is -2.34. The first-order valence-corrected chi connectivity index (χ1v) is 10.0. The van der Waals surface area contributed by atoms with Crippen LogP contribution in [0.3, 0.4) is 0 Å². The third-order valence-corrected chi connectivity index (χ3v) is 5.28. The zero-order valence-electron chi connectivity index (χ0n) is 16.3. The van der Waals surface area contributed by atoms with E-state index in [1.54, 1.807) is 12.1 Å². The molecule has 0 atom stereocenters. The second kappa shape index (κ2) is 10.5. The SMILES string of the molecule is O=C(NCCN1CCN(Cc2c(F)cccc2Cl)CC1)C(=O)Nc1ccc(F)cc1. The Bertz CT molecular complexity index is 867. The first-order valence-electron chi connectivity index (χ1n) is 9.65. The van der Waals surface area contributed by atoms with Gasteiger partial charge in [0.05, 0.1) is 0 Å². The molecule has 30 heavy (non-hydrogen) atoms. The van der Waals surface area contributed by atoms with Crippen LogP contribution in [0.25, 0.3) is 0 Å². The highest BCUT2D eigenvalue weighted by molar-refractivity contribution is 6.39. The molecule has 0 unspecified atom stereocenters. The molecule has 1 heterocycles. The molecular formula is C21H23ClF2N4O2. The molecule has 2 aromatic rings. The van der Waals surface area contributed by atoms with Gasteiger partial charge < -0.3 is 10.6 Å². The Balaban J connectivity index is 1.36. The van der Waals surface area contributed by atoms with E-state index in [0.29, 0.717) is 35.9 Å². The number of benzene rings is 2. The molecule has 0 saturated carbocycles. The van der Waals surface area contributed by atoms with Crippen molar-refractivity contribution in [1.29, 1.82) is 0 Å². The highest BCUT2D eigenvalue weighted by atomic mass is 35.5. The van der Waals surface area contributed by atoms with Crippen LogP contribution >= 0.6 is 11.6 Å². The average Bonchev–Trinajstić information content (AvgIpc) is 2.73. The quantitative estimate of drug-likeness (QED) is 0.683. The Hall–Kier alpha value is -2.55. The third kappa shape index (κ3) is 6.22. The predicted molar refractivity (Wildman–Crippen MR) is 111 cm³/mol. The topological polar surface area (TPSA) is 64.7 Å². The standard InChI is InChI=1S/C21H23ClF2N4O2/c22-18-2-1-3-19(24)17(18)14-28-12-10-27(11-13-28)9-8-25-20(29)21(30)26-16-6-4-15(23)5-7-16/h1-7H,8-14H2,(H,25,29)(H,26,30). The van der Waals surface area contributed by atoms with Crippen molar-refractivity contribution in [2.45, 2.75) is 6.54 Å². The van der Waals surface area contributed by atoms with E-state index in [0.717, 1.165) is 26.2 Å². The largest absolute Gasteiger partial charge is 0.347 e. The van der Waals surface area contributed by atoms with Crippen molar-refractivity contribution < 1.29 is 18.4 Å². The maximum Gasteiger partial charge on any atom is 0.313 e. The van der Waals surface area contributed by atoms with Crippen LogP contribution in [0.2, 0.25) is 5.02 Å². The summed E-state index contributed by atoms with van der Waals surface area (Å²) < 4.78 is 26.8. The van der Waals surface area contributed by atoms with E-state index in [1.165, 1.54) is 30.3 Å². The van der Waals surface area contributed by atoms with Crippen LogP contribution in [0.4, 0.5) is 14.5 Å². The normalized spacial score (nSPS) is 15.0. The fraction of sp³-hybridized carbons (Fsp3) is 0.333. The number of nitrogens with zero attached hydrogens (tertiary/aromatic N) is 2. The minimum Gasteiger partial charge on any atom is -0.347 e. The molecule has 2 aromatic carbocycles. The van der Waals surface area contributed by atoms with Crippen molar-refractivity contribution in [1.82, 2.24) is 15.1 Å². The summed E-state index contributed by atoms with van der Waals surface area (Å²) in [5.41, 5.74) is 0.856. The molecule has 1 aliphatic heterocycles. The molecule has 160 valence electrons. The summed E-state index contributed by atoms with van der Waals surface area (Å²) in [6, 6.07) is 9.86. The van der Waals surface area contributed by atoms with Gasteiger partial charge in [-0.3, -0.25) is 19.4 Å². The third-order valence-electron chi connectivity index (χ3n) is 4.93. The van der Waals surface area contributed by atoms with Crippen molar-refractivity contribution in [3.63, 3.8) is 0 Å². The van der Waals surface area contributed by atoms with Gasteiger partial charge in [-0.05, 0) is 36.4 Å². The molecule has 0 spiro atoms. The maximum atomic E-state index is 13.9. The van der Waals surface area contributed by atoms with E-state index in [-0.39, 0.29) is 5.82 Å². The number of amides is 2. The molecule has 0 aromatic heterocycles. The Labute approximate surface area is 178 Å². The molecule has 0 aliphatic carbocycles. The molecule has 1 aliphatic rings. The van der Waals surface area contributed by atoms with E-state index >= 15 is 0 Å². The van der Waals surface area contributed by atoms with E-state index in [1.807, 2.05) is 0 Å². The van der Waals surface area contributed by atoms with Gasteiger partial charge >= 0.3 is 11.8 Å². The molecule has 9 heteroatoms. The van der Waals surface area contributed by atoms with Crippen molar-refractivity contribution in [3.8, 4) is 0 Å². The van der Waals surface area contributed by atoms with Crippen LogP contribution in [0.1, 0.15) is 5.56 Å². The van der Waals surface area contributed by atoms with Crippen LogP contribution in [-0.4, -0.2) is 60.9 Å². The van der Waals surface area contributed by atoms with Gasteiger partial charge in [0.15, 0.2) is 0 Å². The monoisotopic (exact) mass is 436 g/mol. The highest BCUT2D eigenvalue weighted by Gasteiger charge is 2.20. The molecule has 0 radical (unpaired) electrons. The number of nitrogens with one attached hydrogen (secondary N) is 2. The van der Waals surface area contributed by atoms with Crippen LogP contribution in [0.15, 0.2) is 42.5 Å². The molecule has 2 amide bonds. The van der Waals surface area contributed by atoms with Gasteiger partial charge in [0.2, 0.25) is 0 Å². The average molecular weight is 437 g/mol. The lowest BCUT2D eigenvalue weighted by Crippen LogP contribution is -2.48. The highest BCUT2D eigenvalue weighted by Crippen LogP contribution is 2.21. The molecule has 6 nitrogen and oxygen atoms in total. The van der Waals surface area contributed by atoms with Crippen LogP contribution < -0.4 is 10.6 Å². The van der Waals surface area contributed by atoms with Gasteiger partial charge in [0, 0.05) is 62.1 Å². The van der Waals surface area contributed by atoms with Crippen molar-refractivity contribution in [3.05, 3.63) is 64.7 Å². The Morgan fingerprint density at radius 2 is 1.60 bits per heavy atom. The van der Waals surface area contributed by atoms with E-state index in [2.05, 4.69) is 20.4 Å². The maximum absolute atomic E-state index is 13.9. The Morgan fingerprint density at radius 3 is 2.27 bits per heavy atom. The predicted octanol–water partition coefficient (Wildman–Crippen LogP) is 2.49. The van der Waals surface area contributed by atoms with E-state index in [9.17, 15) is 18.4 Å². The lowest BCUT2D eigenvalue weighted by atomic mass is 10.2. The fourth-order valence-electron chi connectivity index (χ4n) is 3.21. The molecular weight excluding hydrogens is 414 g/mol. The molecule has 1 fully saturated rings. The van der Waals surface area contributed by atoms with Gasteiger partial charge in [0.25, 0.3) is 0 Å². The Kier molecular flexibility index (Phi) is 7.73. The minimum absolute atomic E-state index is 0.299. The summed E-state index contributed by atoms with van der Waals surface area (Å²) in [4.78, 5) is 28.1. The summed E-state index contributed by atoms with van der Waals surface area (Å²) in [5, 5.41) is 5.43. The number of carbonyl (C=O) groups is 2.